The first kappa shape index (κ1) is 18.2. The molecule has 0 N–H and O–H groups in total. The highest BCUT2D eigenvalue weighted by atomic mass is 35.5. The number of para-hydroxylation sites is 1. The van der Waals surface area contributed by atoms with Gasteiger partial charge in [0.15, 0.2) is 0 Å². The Labute approximate surface area is 173 Å². The number of nitrogens with zero attached hydrogens (tertiary/aromatic N) is 2. The van der Waals surface area contributed by atoms with Crippen molar-refractivity contribution in [1.82, 2.24) is 8.96 Å². The van der Waals surface area contributed by atoms with E-state index in [4.69, 9.17) is 11.6 Å². The Hall–Kier alpha value is -2.89. The van der Waals surface area contributed by atoms with Gasteiger partial charge in [-0.05, 0) is 54.6 Å². The predicted molar refractivity (Wildman–Crippen MR) is 118 cm³/mol. The number of benzene rings is 3. The average Bonchev–Trinajstić information content (AvgIpc) is 3.09. The minimum atomic E-state index is -3.82. The van der Waals surface area contributed by atoms with Gasteiger partial charge in [0, 0.05) is 22.4 Å². The van der Waals surface area contributed by atoms with Crippen LogP contribution < -0.4 is 0 Å². The maximum absolute atomic E-state index is 13.7. The first-order valence-corrected chi connectivity index (χ1v) is 11.0. The number of rotatable bonds is 2. The maximum atomic E-state index is 13.7. The summed E-state index contributed by atoms with van der Waals surface area (Å²) in [6, 6.07) is 18.0. The van der Waals surface area contributed by atoms with Crippen LogP contribution >= 0.6 is 11.6 Å². The van der Waals surface area contributed by atoms with Crippen molar-refractivity contribution in [3.8, 4) is 0 Å². The van der Waals surface area contributed by atoms with Crippen LogP contribution in [0.1, 0.15) is 11.1 Å². The Bertz CT molecular complexity index is 1540. The first-order chi connectivity index (χ1) is 13.9. The number of pyridine rings is 1. The van der Waals surface area contributed by atoms with E-state index in [0.717, 1.165) is 32.7 Å². The Kier molecular flexibility index (Phi) is 3.95. The third-order valence-corrected chi connectivity index (χ3v) is 7.54. The highest BCUT2D eigenvalue weighted by Crippen LogP contribution is 2.41. The van der Waals surface area contributed by atoms with E-state index in [0.29, 0.717) is 16.2 Å². The number of hydrogen-bond donors (Lipinski definition) is 0. The normalized spacial score (nSPS) is 12.2. The summed E-state index contributed by atoms with van der Waals surface area (Å²) in [4.78, 5) is 4.47. The lowest BCUT2D eigenvalue weighted by molar-refractivity contribution is 0.590. The van der Waals surface area contributed by atoms with Gasteiger partial charge in [0.2, 0.25) is 0 Å². The quantitative estimate of drug-likeness (QED) is 0.336. The first-order valence-electron chi connectivity index (χ1n) is 9.20. The molecular formula is C23H17ClN2O2S. The monoisotopic (exact) mass is 420 g/mol. The van der Waals surface area contributed by atoms with Crippen molar-refractivity contribution < 1.29 is 8.42 Å². The second-order valence-electron chi connectivity index (χ2n) is 7.10. The van der Waals surface area contributed by atoms with Gasteiger partial charge in [-0.3, -0.25) is 0 Å². The van der Waals surface area contributed by atoms with Crippen molar-refractivity contribution in [3.05, 3.63) is 83.1 Å². The Morgan fingerprint density at radius 1 is 0.828 bits per heavy atom. The molecule has 5 aromatic rings. The molecule has 0 unspecified atom stereocenters. The van der Waals surface area contributed by atoms with Crippen molar-refractivity contribution in [2.24, 2.45) is 0 Å². The lowest BCUT2D eigenvalue weighted by Crippen LogP contribution is -2.13. The van der Waals surface area contributed by atoms with Crippen LogP contribution in [0.15, 0.2) is 71.8 Å². The van der Waals surface area contributed by atoms with Gasteiger partial charge in [-0.15, -0.1) is 0 Å². The van der Waals surface area contributed by atoms with E-state index in [2.05, 4.69) is 4.98 Å². The van der Waals surface area contributed by atoms with Crippen LogP contribution in [-0.2, 0) is 10.0 Å². The second-order valence-corrected chi connectivity index (χ2v) is 9.24. The van der Waals surface area contributed by atoms with E-state index in [1.54, 1.807) is 36.5 Å². The predicted octanol–water partition coefficient (Wildman–Crippen LogP) is 5.85. The molecule has 6 heteroatoms. The lowest BCUT2D eigenvalue weighted by atomic mass is 9.97. The van der Waals surface area contributed by atoms with Crippen LogP contribution in [0, 0.1) is 13.8 Å². The molecule has 0 bridgehead atoms. The van der Waals surface area contributed by atoms with Crippen molar-refractivity contribution in [2.45, 2.75) is 18.7 Å². The van der Waals surface area contributed by atoms with Gasteiger partial charge in [-0.2, -0.15) is 0 Å². The van der Waals surface area contributed by atoms with Gasteiger partial charge in [-0.1, -0.05) is 48.0 Å². The summed E-state index contributed by atoms with van der Waals surface area (Å²) in [5.41, 5.74) is 3.09. The van der Waals surface area contributed by atoms with Crippen molar-refractivity contribution in [2.75, 3.05) is 0 Å². The molecule has 5 rings (SSSR count). The van der Waals surface area contributed by atoms with Crippen LogP contribution in [-0.4, -0.2) is 17.4 Å². The molecule has 2 aromatic heterocycles. The van der Waals surface area contributed by atoms with E-state index in [-0.39, 0.29) is 4.90 Å². The number of aryl methyl sites for hydroxylation is 2. The summed E-state index contributed by atoms with van der Waals surface area (Å²) in [5.74, 6) is 0. The topological polar surface area (TPSA) is 52.0 Å². The van der Waals surface area contributed by atoms with Gasteiger partial charge >= 0.3 is 0 Å². The van der Waals surface area contributed by atoms with Crippen molar-refractivity contribution in [1.29, 1.82) is 0 Å². The minimum Gasteiger partial charge on any atom is -0.244 e. The highest BCUT2D eigenvalue weighted by Gasteiger charge is 2.26. The fourth-order valence-electron chi connectivity index (χ4n) is 4.24. The maximum Gasteiger partial charge on any atom is 0.268 e. The van der Waals surface area contributed by atoms with Crippen LogP contribution in [0.5, 0.6) is 0 Å². The van der Waals surface area contributed by atoms with Crippen molar-refractivity contribution >= 4 is 54.2 Å². The van der Waals surface area contributed by atoms with E-state index >= 15 is 0 Å². The van der Waals surface area contributed by atoms with Gasteiger partial charge in [0.1, 0.15) is 5.15 Å². The third-order valence-electron chi connectivity index (χ3n) is 5.53. The Morgan fingerprint density at radius 3 is 2.28 bits per heavy atom. The smallest absolute Gasteiger partial charge is 0.244 e. The molecule has 0 aliphatic rings. The van der Waals surface area contributed by atoms with Gasteiger partial charge in [0.25, 0.3) is 10.0 Å². The number of fused-ring (bicyclic) bond motifs is 4. The molecule has 0 radical (unpaired) electrons. The van der Waals surface area contributed by atoms with Crippen LogP contribution in [0.4, 0.5) is 0 Å². The highest BCUT2D eigenvalue weighted by molar-refractivity contribution is 7.90. The molecule has 2 heterocycles. The molecule has 144 valence electrons. The van der Waals surface area contributed by atoms with Crippen molar-refractivity contribution in [3.63, 3.8) is 0 Å². The number of halogens is 1. The van der Waals surface area contributed by atoms with E-state index in [1.807, 2.05) is 44.2 Å². The van der Waals surface area contributed by atoms with Crippen LogP contribution in [0.25, 0.3) is 32.6 Å². The van der Waals surface area contributed by atoms with Gasteiger partial charge in [-0.25, -0.2) is 17.4 Å². The zero-order valence-corrected chi connectivity index (χ0v) is 17.4. The lowest BCUT2D eigenvalue weighted by Gasteiger charge is -2.14. The molecule has 0 aliphatic heterocycles. The minimum absolute atomic E-state index is 0.247. The van der Waals surface area contributed by atoms with Gasteiger partial charge in [0.05, 0.1) is 15.9 Å². The molecule has 0 saturated heterocycles. The zero-order chi connectivity index (χ0) is 20.3. The Balaban J connectivity index is 2.10. The fraction of sp³-hybridized carbons (Fsp3) is 0.0870. The molecule has 4 nitrogen and oxygen atoms in total. The summed E-state index contributed by atoms with van der Waals surface area (Å²) >= 11 is 6.45. The SMILES string of the molecule is Cc1c2ccnc(Cl)c2c(C)c2c1c1ccccc1n2S(=O)(=O)c1ccccc1. The molecule has 0 amide bonds. The Morgan fingerprint density at radius 2 is 1.52 bits per heavy atom. The standard InChI is InChI=1S/C23H17ClN2O2S/c1-14-17-12-13-25-23(24)21(17)15(2)22-20(14)18-10-6-7-11-19(18)26(22)29(27,28)16-8-4-3-5-9-16/h3-13H,1-2H3. The molecule has 3 aromatic carbocycles. The molecule has 0 saturated carbocycles. The summed E-state index contributed by atoms with van der Waals surface area (Å²) in [7, 11) is -3.82. The van der Waals surface area contributed by atoms with E-state index in [9.17, 15) is 8.42 Å². The molecule has 29 heavy (non-hydrogen) atoms. The van der Waals surface area contributed by atoms with Crippen LogP contribution in [0.3, 0.4) is 0 Å². The summed E-state index contributed by atoms with van der Waals surface area (Å²) in [6.07, 6.45) is 1.68. The third kappa shape index (κ3) is 2.44. The fourth-order valence-corrected chi connectivity index (χ4v) is 6.14. The molecular weight excluding hydrogens is 404 g/mol. The molecule has 0 fully saturated rings. The second kappa shape index (κ2) is 6.31. The number of hydrogen-bond acceptors (Lipinski definition) is 3. The van der Waals surface area contributed by atoms with Gasteiger partial charge < -0.3 is 0 Å². The zero-order valence-electron chi connectivity index (χ0n) is 15.8. The molecule has 0 atom stereocenters. The van der Waals surface area contributed by atoms with Crippen LogP contribution in [0.2, 0.25) is 5.15 Å². The average molecular weight is 421 g/mol. The van der Waals surface area contributed by atoms with E-state index < -0.39 is 10.0 Å². The molecule has 0 spiro atoms. The summed E-state index contributed by atoms with van der Waals surface area (Å²) < 4.78 is 28.9. The summed E-state index contributed by atoms with van der Waals surface area (Å²) in [5, 5.41) is 3.96. The molecule has 0 aliphatic carbocycles. The number of aromatic nitrogens is 2. The summed E-state index contributed by atoms with van der Waals surface area (Å²) in [6.45, 7) is 3.92. The largest absolute Gasteiger partial charge is 0.268 e. The van der Waals surface area contributed by atoms with E-state index in [1.165, 1.54) is 3.97 Å².